The summed E-state index contributed by atoms with van der Waals surface area (Å²) in [7, 11) is 0. The van der Waals surface area contributed by atoms with Gasteiger partial charge in [-0.15, -0.1) is 0 Å². The van der Waals surface area contributed by atoms with Crippen molar-refractivity contribution in [3.63, 3.8) is 0 Å². The van der Waals surface area contributed by atoms with Crippen molar-refractivity contribution in [2.24, 2.45) is 0 Å². The van der Waals surface area contributed by atoms with E-state index in [1.165, 1.54) is 0 Å². The number of hydrogen-bond donors (Lipinski definition) is 3. The molecule has 0 aliphatic heterocycles. The molecular formula is C10H13N5O2. The van der Waals surface area contributed by atoms with E-state index in [0.29, 0.717) is 17.6 Å². The van der Waals surface area contributed by atoms with Gasteiger partial charge in [0.05, 0.1) is 12.4 Å². The normalized spacial score (nSPS) is 24.5. The molecule has 17 heavy (non-hydrogen) atoms. The molecule has 7 nitrogen and oxygen atoms in total. The van der Waals surface area contributed by atoms with Crippen LogP contribution in [0.3, 0.4) is 0 Å². The average Bonchev–Trinajstić information content (AvgIpc) is 2.83. The minimum absolute atomic E-state index is 0.0859. The molecule has 0 bridgehead atoms. The molecule has 1 saturated carbocycles. The van der Waals surface area contributed by atoms with E-state index in [0.717, 1.165) is 12.8 Å². The lowest BCUT2D eigenvalue weighted by molar-refractivity contribution is 0.178. The second-order valence-electron chi connectivity index (χ2n) is 4.40. The van der Waals surface area contributed by atoms with Crippen LogP contribution < -0.4 is 11.3 Å². The van der Waals surface area contributed by atoms with Crippen molar-refractivity contribution in [1.82, 2.24) is 19.5 Å². The quantitative estimate of drug-likeness (QED) is 0.633. The first kappa shape index (κ1) is 10.3. The molecule has 7 heteroatoms. The number of anilines is 1. The fourth-order valence-electron chi connectivity index (χ4n) is 2.40. The number of nitrogens with two attached hydrogens (primary N) is 1. The Morgan fingerprint density at radius 3 is 3.06 bits per heavy atom. The molecule has 90 valence electrons. The van der Waals surface area contributed by atoms with Crippen molar-refractivity contribution in [3.8, 4) is 0 Å². The third-order valence-corrected chi connectivity index (χ3v) is 3.22. The fourth-order valence-corrected chi connectivity index (χ4v) is 2.40. The molecule has 4 N–H and O–H groups in total. The molecule has 2 unspecified atom stereocenters. The third-order valence-electron chi connectivity index (χ3n) is 3.22. The van der Waals surface area contributed by atoms with E-state index in [2.05, 4.69) is 15.0 Å². The Hall–Kier alpha value is -1.89. The highest BCUT2D eigenvalue weighted by Crippen LogP contribution is 2.31. The summed E-state index contributed by atoms with van der Waals surface area (Å²) in [5.41, 5.74) is 5.98. The van der Waals surface area contributed by atoms with E-state index in [1.807, 2.05) is 4.57 Å². The predicted molar refractivity (Wildman–Crippen MR) is 61.5 cm³/mol. The van der Waals surface area contributed by atoms with E-state index in [4.69, 9.17) is 5.73 Å². The second kappa shape index (κ2) is 3.56. The standard InChI is InChI=1S/C10H13N5O2/c11-10-13-8-7(9(17)14-10)12-4-15(8)5-1-2-6(16)3-5/h4-6,16H,1-3H2,(H3,11,13,14,17). The van der Waals surface area contributed by atoms with Gasteiger partial charge in [-0.25, -0.2) is 4.98 Å². The van der Waals surface area contributed by atoms with E-state index in [-0.39, 0.29) is 23.7 Å². The largest absolute Gasteiger partial charge is 0.393 e. The molecule has 0 amide bonds. The van der Waals surface area contributed by atoms with Crippen LogP contribution in [0.1, 0.15) is 25.3 Å². The Bertz CT molecular complexity index is 617. The topological polar surface area (TPSA) is 110 Å². The van der Waals surface area contributed by atoms with Gasteiger partial charge < -0.3 is 15.4 Å². The number of rotatable bonds is 1. The summed E-state index contributed by atoms with van der Waals surface area (Å²) in [6, 6.07) is 0.142. The zero-order valence-electron chi connectivity index (χ0n) is 9.13. The first-order valence-electron chi connectivity index (χ1n) is 5.55. The predicted octanol–water partition coefficient (Wildman–Crippen LogP) is -0.212. The summed E-state index contributed by atoms with van der Waals surface area (Å²) in [6.07, 6.45) is 3.61. The van der Waals surface area contributed by atoms with E-state index < -0.39 is 0 Å². The Labute approximate surface area is 96.3 Å². The van der Waals surface area contributed by atoms with Crippen LogP contribution in [0.15, 0.2) is 11.1 Å². The number of aromatic amines is 1. The van der Waals surface area contributed by atoms with Crippen molar-refractivity contribution in [3.05, 3.63) is 16.7 Å². The average molecular weight is 235 g/mol. The van der Waals surface area contributed by atoms with E-state index in [1.54, 1.807) is 6.33 Å². The zero-order chi connectivity index (χ0) is 12.0. The fraction of sp³-hybridized carbons (Fsp3) is 0.500. The van der Waals surface area contributed by atoms with Gasteiger partial charge in [-0.1, -0.05) is 0 Å². The SMILES string of the molecule is Nc1nc2c(ncn2C2CCC(O)C2)c(=O)[nH]1. The molecular weight excluding hydrogens is 222 g/mol. The molecule has 1 aliphatic carbocycles. The van der Waals surface area contributed by atoms with Gasteiger partial charge in [-0.3, -0.25) is 9.78 Å². The molecule has 1 fully saturated rings. The number of H-pyrrole nitrogens is 1. The lowest BCUT2D eigenvalue weighted by atomic mass is 10.2. The van der Waals surface area contributed by atoms with Crippen LogP contribution in [0.5, 0.6) is 0 Å². The highest BCUT2D eigenvalue weighted by molar-refractivity contribution is 5.70. The maximum absolute atomic E-state index is 11.6. The van der Waals surface area contributed by atoms with Gasteiger partial charge in [-0.2, -0.15) is 4.98 Å². The zero-order valence-corrected chi connectivity index (χ0v) is 9.13. The Balaban J connectivity index is 2.15. The van der Waals surface area contributed by atoms with Crippen LogP contribution in [-0.2, 0) is 0 Å². The molecule has 0 spiro atoms. The first-order chi connectivity index (χ1) is 8.15. The van der Waals surface area contributed by atoms with Crippen LogP contribution >= 0.6 is 0 Å². The lowest BCUT2D eigenvalue weighted by Gasteiger charge is -2.11. The summed E-state index contributed by atoms with van der Waals surface area (Å²) in [6.45, 7) is 0. The van der Waals surface area contributed by atoms with Crippen LogP contribution in [0.4, 0.5) is 5.95 Å². The highest BCUT2D eigenvalue weighted by Gasteiger charge is 2.26. The van der Waals surface area contributed by atoms with Gasteiger partial charge in [0.15, 0.2) is 11.2 Å². The molecule has 2 aromatic rings. The smallest absolute Gasteiger partial charge is 0.280 e. The number of hydrogen-bond acceptors (Lipinski definition) is 5. The Kier molecular flexibility index (Phi) is 2.15. The van der Waals surface area contributed by atoms with Crippen molar-refractivity contribution < 1.29 is 5.11 Å². The molecule has 2 aromatic heterocycles. The molecule has 2 atom stereocenters. The number of aliphatic hydroxyl groups is 1. The van der Waals surface area contributed by atoms with Crippen molar-refractivity contribution >= 4 is 17.1 Å². The number of imidazole rings is 1. The highest BCUT2D eigenvalue weighted by atomic mass is 16.3. The van der Waals surface area contributed by atoms with Crippen molar-refractivity contribution in [1.29, 1.82) is 0 Å². The molecule has 2 heterocycles. The number of nitrogen functional groups attached to an aromatic ring is 1. The molecule has 0 aromatic carbocycles. The third kappa shape index (κ3) is 1.59. The minimum atomic E-state index is -0.329. The number of aliphatic hydroxyl groups excluding tert-OH is 1. The van der Waals surface area contributed by atoms with E-state index in [9.17, 15) is 9.90 Å². The van der Waals surface area contributed by atoms with Gasteiger partial charge in [-0.05, 0) is 19.3 Å². The number of nitrogens with one attached hydrogen (secondary N) is 1. The summed E-state index contributed by atoms with van der Waals surface area (Å²) in [5.74, 6) is 0.0859. The van der Waals surface area contributed by atoms with Gasteiger partial charge in [0, 0.05) is 6.04 Å². The minimum Gasteiger partial charge on any atom is -0.393 e. The van der Waals surface area contributed by atoms with Crippen LogP contribution in [0.2, 0.25) is 0 Å². The summed E-state index contributed by atoms with van der Waals surface area (Å²) >= 11 is 0. The van der Waals surface area contributed by atoms with Gasteiger partial charge in [0.25, 0.3) is 5.56 Å². The van der Waals surface area contributed by atoms with Gasteiger partial charge in [0.1, 0.15) is 0 Å². The maximum atomic E-state index is 11.6. The molecule has 0 radical (unpaired) electrons. The van der Waals surface area contributed by atoms with Gasteiger partial charge in [0.2, 0.25) is 5.95 Å². The lowest BCUT2D eigenvalue weighted by Crippen LogP contribution is -2.13. The molecule has 0 saturated heterocycles. The van der Waals surface area contributed by atoms with Gasteiger partial charge >= 0.3 is 0 Å². The second-order valence-corrected chi connectivity index (χ2v) is 4.40. The van der Waals surface area contributed by atoms with Crippen molar-refractivity contribution in [2.45, 2.75) is 31.4 Å². The summed E-state index contributed by atoms with van der Waals surface area (Å²) < 4.78 is 1.83. The Morgan fingerprint density at radius 2 is 2.35 bits per heavy atom. The number of aromatic nitrogens is 4. The Morgan fingerprint density at radius 1 is 1.53 bits per heavy atom. The molecule has 3 rings (SSSR count). The first-order valence-corrected chi connectivity index (χ1v) is 5.55. The number of nitrogens with zero attached hydrogens (tertiary/aromatic N) is 3. The van der Waals surface area contributed by atoms with Crippen LogP contribution in [0.25, 0.3) is 11.2 Å². The molecule has 1 aliphatic rings. The monoisotopic (exact) mass is 235 g/mol. The summed E-state index contributed by atoms with van der Waals surface area (Å²) in [5, 5.41) is 9.53. The number of fused-ring (bicyclic) bond motifs is 1. The van der Waals surface area contributed by atoms with Crippen LogP contribution in [-0.4, -0.2) is 30.7 Å². The van der Waals surface area contributed by atoms with Crippen molar-refractivity contribution in [2.75, 3.05) is 5.73 Å². The summed E-state index contributed by atoms with van der Waals surface area (Å²) in [4.78, 5) is 22.2. The van der Waals surface area contributed by atoms with Crippen LogP contribution in [0, 0.1) is 0 Å². The van der Waals surface area contributed by atoms with E-state index >= 15 is 0 Å². The maximum Gasteiger partial charge on any atom is 0.280 e.